The Hall–Kier alpha value is -1.62. The maximum atomic E-state index is 11.5. The molecule has 2 aliphatic rings. The van der Waals surface area contributed by atoms with Gasteiger partial charge in [0, 0.05) is 28.2 Å². The summed E-state index contributed by atoms with van der Waals surface area (Å²) < 4.78 is 0. The molecule has 18 heavy (non-hydrogen) atoms. The molecule has 0 aromatic rings. The van der Waals surface area contributed by atoms with Gasteiger partial charge in [-0.15, -0.1) is 10.9 Å². The van der Waals surface area contributed by atoms with Crippen LogP contribution in [0.4, 0.5) is 9.59 Å². The van der Waals surface area contributed by atoms with E-state index in [1.54, 1.807) is 28.2 Å². The van der Waals surface area contributed by atoms with E-state index < -0.39 is 12.3 Å². The molecule has 2 aliphatic heterocycles. The molecule has 2 rings (SSSR count). The Morgan fingerprint density at radius 1 is 0.833 bits per heavy atom. The first kappa shape index (κ1) is 12.8. The standard InChI is InChI=1S/C8H16N8O2/c1-13-7(17)14(2)10-5(9-13)6-11-15(3)8(18)16(4)12-6/h5-6,9,11H,1-4H3. The summed E-state index contributed by atoms with van der Waals surface area (Å²) in [5.74, 6) is 0. The maximum Gasteiger partial charge on any atom is 0.349 e. The fourth-order valence-electron chi connectivity index (χ4n) is 1.73. The van der Waals surface area contributed by atoms with Gasteiger partial charge in [-0.05, 0) is 0 Å². The molecular weight excluding hydrogens is 240 g/mol. The van der Waals surface area contributed by atoms with Crippen LogP contribution in [0.1, 0.15) is 0 Å². The Bertz CT molecular complexity index is 301. The van der Waals surface area contributed by atoms with Crippen molar-refractivity contribution in [3.63, 3.8) is 0 Å². The van der Waals surface area contributed by atoms with E-state index in [4.69, 9.17) is 0 Å². The number of carbonyl (C=O) groups excluding carboxylic acids is 2. The molecule has 4 amide bonds. The maximum absolute atomic E-state index is 11.5. The minimum atomic E-state index is -0.476. The number of nitrogens with one attached hydrogen (secondary N) is 2. The molecular formula is C8H16N8O2. The van der Waals surface area contributed by atoms with Gasteiger partial charge in [0.1, 0.15) is 12.3 Å². The summed E-state index contributed by atoms with van der Waals surface area (Å²) in [6.07, 6.45) is -0.952. The minimum Gasteiger partial charge on any atom is -0.260 e. The molecule has 0 aromatic heterocycles. The molecule has 0 bridgehead atoms. The van der Waals surface area contributed by atoms with Crippen molar-refractivity contribution < 1.29 is 9.59 Å². The van der Waals surface area contributed by atoms with Gasteiger partial charge in [-0.3, -0.25) is 10.0 Å². The topological polar surface area (TPSA) is 99.4 Å². The van der Waals surface area contributed by atoms with Crippen LogP contribution in [0.5, 0.6) is 0 Å². The molecule has 2 heterocycles. The Kier molecular flexibility index (Phi) is 3.26. The lowest BCUT2D eigenvalue weighted by atomic mass is 10.4. The van der Waals surface area contributed by atoms with Crippen LogP contribution in [-0.2, 0) is 0 Å². The number of hydrazine groups is 2. The zero-order valence-corrected chi connectivity index (χ0v) is 10.7. The summed E-state index contributed by atoms with van der Waals surface area (Å²) in [7, 11) is 6.33. The van der Waals surface area contributed by atoms with Crippen LogP contribution in [0.25, 0.3) is 0 Å². The van der Waals surface area contributed by atoms with Crippen molar-refractivity contribution >= 4 is 12.1 Å². The van der Waals surface area contributed by atoms with Gasteiger partial charge < -0.3 is 0 Å². The fourth-order valence-corrected chi connectivity index (χ4v) is 1.73. The summed E-state index contributed by atoms with van der Waals surface area (Å²) in [5, 5.41) is 5.11. The highest BCUT2D eigenvalue weighted by molar-refractivity contribution is 5.74. The predicted molar refractivity (Wildman–Crippen MR) is 60.0 cm³/mol. The summed E-state index contributed by atoms with van der Waals surface area (Å²) in [6.45, 7) is 0. The molecule has 10 nitrogen and oxygen atoms in total. The van der Waals surface area contributed by atoms with Gasteiger partial charge >= 0.3 is 12.1 Å². The molecule has 2 saturated heterocycles. The molecule has 0 aliphatic carbocycles. The summed E-state index contributed by atoms with van der Waals surface area (Å²) in [4.78, 5) is 23.0. The van der Waals surface area contributed by atoms with Crippen LogP contribution in [0.3, 0.4) is 0 Å². The van der Waals surface area contributed by atoms with E-state index in [1.807, 2.05) is 0 Å². The van der Waals surface area contributed by atoms with Gasteiger partial charge in [0.15, 0.2) is 0 Å². The van der Waals surface area contributed by atoms with Crippen molar-refractivity contribution in [3.05, 3.63) is 0 Å². The molecule has 10 heteroatoms. The number of urea groups is 2. The van der Waals surface area contributed by atoms with E-state index >= 15 is 0 Å². The highest BCUT2D eigenvalue weighted by Gasteiger charge is 2.39. The molecule has 0 spiro atoms. The molecule has 2 radical (unpaired) electrons. The Labute approximate surface area is 105 Å². The van der Waals surface area contributed by atoms with E-state index in [-0.39, 0.29) is 12.1 Å². The van der Waals surface area contributed by atoms with E-state index in [1.165, 1.54) is 20.0 Å². The van der Waals surface area contributed by atoms with Crippen molar-refractivity contribution in [2.24, 2.45) is 0 Å². The molecule has 2 N–H and O–H groups in total. The second-order valence-electron chi connectivity index (χ2n) is 4.11. The number of nitrogens with zero attached hydrogens (tertiary/aromatic N) is 6. The Morgan fingerprint density at radius 2 is 1.17 bits per heavy atom. The van der Waals surface area contributed by atoms with Crippen molar-refractivity contribution in [3.8, 4) is 0 Å². The van der Waals surface area contributed by atoms with E-state index in [0.717, 1.165) is 0 Å². The molecule has 0 aromatic carbocycles. The van der Waals surface area contributed by atoms with Crippen LogP contribution in [-0.4, -0.2) is 72.6 Å². The molecule has 100 valence electrons. The first-order valence-electron chi connectivity index (χ1n) is 5.37. The van der Waals surface area contributed by atoms with Crippen molar-refractivity contribution in [2.45, 2.75) is 12.3 Å². The van der Waals surface area contributed by atoms with Crippen LogP contribution in [0.15, 0.2) is 0 Å². The zero-order valence-electron chi connectivity index (χ0n) is 10.7. The molecule has 2 atom stereocenters. The first-order chi connectivity index (χ1) is 8.40. The second kappa shape index (κ2) is 4.57. The van der Waals surface area contributed by atoms with Gasteiger partial charge in [0.05, 0.1) is 0 Å². The zero-order chi connectivity index (χ0) is 13.4. The van der Waals surface area contributed by atoms with Crippen LogP contribution in [0, 0.1) is 0 Å². The van der Waals surface area contributed by atoms with Crippen LogP contribution in [0.2, 0.25) is 0 Å². The van der Waals surface area contributed by atoms with Crippen molar-refractivity contribution in [2.75, 3.05) is 28.2 Å². The SMILES string of the molecule is CN1[N]C(C2[N]N(C)C(=O)N(C)N2)NN(C)C1=O. The predicted octanol–water partition coefficient (Wildman–Crippen LogP) is -2.32. The monoisotopic (exact) mass is 256 g/mol. The van der Waals surface area contributed by atoms with E-state index in [2.05, 4.69) is 21.7 Å². The molecule has 0 saturated carbocycles. The lowest BCUT2D eigenvalue weighted by Crippen LogP contribution is -2.75. The number of carbonyl (C=O) groups is 2. The number of hydrogen-bond donors (Lipinski definition) is 2. The van der Waals surface area contributed by atoms with Crippen molar-refractivity contribution in [1.29, 1.82) is 0 Å². The minimum absolute atomic E-state index is 0.264. The average Bonchev–Trinajstić information content (AvgIpc) is 2.31. The summed E-state index contributed by atoms with van der Waals surface area (Å²) in [6, 6.07) is -0.528. The largest absolute Gasteiger partial charge is 0.349 e. The summed E-state index contributed by atoms with van der Waals surface area (Å²) >= 11 is 0. The average molecular weight is 256 g/mol. The van der Waals surface area contributed by atoms with Gasteiger partial charge in [0.2, 0.25) is 0 Å². The Balaban J connectivity index is 2.04. The van der Waals surface area contributed by atoms with Gasteiger partial charge in [-0.2, -0.15) is 0 Å². The normalized spacial score (nSPS) is 24.2. The number of hydrogen-bond acceptors (Lipinski definition) is 4. The lowest BCUT2D eigenvalue weighted by Gasteiger charge is -2.43. The van der Waals surface area contributed by atoms with E-state index in [9.17, 15) is 9.59 Å². The number of rotatable bonds is 1. The fraction of sp³-hybridized carbons (Fsp3) is 0.750. The van der Waals surface area contributed by atoms with Gasteiger partial charge in [-0.25, -0.2) is 30.5 Å². The first-order valence-corrected chi connectivity index (χ1v) is 5.37. The molecule has 2 fully saturated rings. The van der Waals surface area contributed by atoms with Gasteiger partial charge in [-0.1, -0.05) is 0 Å². The third-order valence-electron chi connectivity index (χ3n) is 2.67. The third kappa shape index (κ3) is 2.18. The highest BCUT2D eigenvalue weighted by Crippen LogP contribution is 2.07. The molecule has 2 unspecified atom stereocenters. The van der Waals surface area contributed by atoms with Crippen molar-refractivity contribution in [1.82, 2.24) is 41.7 Å². The quantitative estimate of drug-likeness (QED) is 0.550. The third-order valence-corrected chi connectivity index (χ3v) is 2.67. The Morgan fingerprint density at radius 3 is 1.44 bits per heavy atom. The second-order valence-corrected chi connectivity index (χ2v) is 4.11. The summed E-state index contributed by atoms with van der Waals surface area (Å²) in [5.41, 5.74) is 14.0. The van der Waals surface area contributed by atoms with E-state index in [0.29, 0.717) is 0 Å². The highest BCUT2D eigenvalue weighted by atomic mass is 16.2. The van der Waals surface area contributed by atoms with Gasteiger partial charge in [0.25, 0.3) is 0 Å². The smallest absolute Gasteiger partial charge is 0.260 e. The number of amides is 4. The van der Waals surface area contributed by atoms with Crippen LogP contribution >= 0.6 is 0 Å². The lowest BCUT2D eigenvalue weighted by molar-refractivity contribution is -0.0180. The van der Waals surface area contributed by atoms with Crippen LogP contribution < -0.4 is 21.7 Å².